The Morgan fingerprint density at radius 2 is 2.26 bits per heavy atom. The molecule has 2 rings (SSSR count). The Hall–Kier alpha value is -0.440. The number of aliphatic hydroxyl groups is 1. The van der Waals surface area contributed by atoms with Gasteiger partial charge < -0.3 is 9.84 Å². The lowest BCUT2D eigenvalue weighted by Crippen LogP contribution is -2.46. The first-order chi connectivity index (χ1) is 8.95. The van der Waals surface area contributed by atoms with Crippen LogP contribution >= 0.6 is 23.2 Å². The van der Waals surface area contributed by atoms with Crippen molar-refractivity contribution in [2.24, 2.45) is 0 Å². The fourth-order valence-electron chi connectivity index (χ4n) is 1.71. The summed E-state index contributed by atoms with van der Waals surface area (Å²) in [6.07, 6.45) is 0.645. The summed E-state index contributed by atoms with van der Waals surface area (Å²) in [6, 6.07) is 1.26. The van der Waals surface area contributed by atoms with Gasteiger partial charge in [0.25, 0.3) is 0 Å². The van der Waals surface area contributed by atoms with Crippen molar-refractivity contribution in [3.63, 3.8) is 0 Å². The zero-order chi connectivity index (χ0) is 14.0. The van der Waals surface area contributed by atoms with Crippen molar-refractivity contribution in [2.75, 3.05) is 26.3 Å². The summed E-state index contributed by atoms with van der Waals surface area (Å²) in [5, 5.41) is 9.16. The molecule has 9 heteroatoms. The van der Waals surface area contributed by atoms with Gasteiger partial charge in [-0.15, -0.1) is 0 Å². The third-order valence-electron chi connectivity index (χ3n) is 2.71. The van der Waals surface area contributed by atoms with E-state index < -0.39 is 16.1 Å². The molecule has 106 valence electrons. The molecule has 1 atom stereocenters. The van der Waals surface area contributed by atoms with Crippen molar-refractivity contribution in [3.05, 3.63) is 22.4 Å². The predicted octanol–water partition coefficient (Wildman–Crippen LogP) is 0.770. The molecule has 1 aromatic rings. The van der Waals surface area contributed by atoms with E-state index in [1.165, 1.54) is 10.4 Å². The molecule has 6 nitrogen and oxygen atoms in total. The van der Waals surface area contributed by atoms with E-state index in [0.29, 0.717) is 0 Å². The normalized spacial score (nSPS) is 21.5. The first-order valence-electron chi connectivity index (χ1n) is 5.49. The minimum absolute atomic E-state index is 0.0273. The fraction of sp³-hybridized carbons (Fsp3) is 0.500. The molecule has 0 aromatic carbocycles. The van der Waals surface area contributed by atoms with Crippen molar-refractivity contribution in [1.29, 1.82) is 0 Å². The number of hydrogen-bond acceptors (Lipinski definition) is 5. The maximum atomic E-state index is 12.4. The van der Waals surface area contributed by atoms with E-state index >= 15 is 0 Å². The van der Waals surface area contributed by atoms with Crippen LogP contribution in [0.5, 0.6) is 0 Å². The van der Waals surface area contributed by atoms with E-state index in [-0.39, 0.29) is 41.4 Å². The SMILES string of the molecule is O=S(=O)(c1cnc(Cl)c(Cl)c1)N1CCOC(CO)C1. The number of sulfonamides is 1. The van der Waals surface area contributed by atoms with Crippen molar-refractivity contribution < 1.29 is 18.3 Å². The monoisotopic (exact) mass is 326 g/mol. The Labute approximate surface area is 121 Å². The molecule has 0 spiro atoms. The van der Waals surface area contributed by atoms with Crippen molar-refractivity contribution in [2.45, 2.75) is 11.0 Å². The van der Waals surface area contributed by atoms with Gasteiger partial charge in [0.05, 0.1) is 24.3 Å². The molecule has 0 saturated carbocycles. The number of pyridine rings is 1. The largest absolute Gasteiger partial charge is 0.394 e. The van der Waals surface area contributed by atoms with Crippen molar-refractivity contribution in [3.8, 4) is 0 Å². The van der Waals surface area contributed by atoms with Crippen LogP contribution in [-0.4, -0.2) is 55.2 Å². The first-order valence-corrected chi connectivity index (χ1v) is 7.68. The molecule has 0 aliphatic carbocycles. The van der Waals surface area contributed by atoms with Crippen LogP contribution in [0.4, 0.5) is 0 Å². The van der Waals surface area contributed by atoms with E-state index in [4.69, 9.17) is 33.0 Å². The number of aliphatic hydroxyl groups excluding tert-OH is 1. The molecule has 0 bridgehead atoms. The molecule has 1 aliphatic heterocycles. The highest BCUT2D eigenvalue weighted by Gasteiger charge is 2.31. The van der Waals surface area contributed by atoms with Gasteiger partial charge in [-0.3, -0.25) is 0 Å². The van der Waals surface area contributed by atoms with Gasteiger partial charge in [-0.1, -0.05) is 23.2 Å². The highest BCUT2D eigenvalue weighted by molar-refractivity contribution is 7.89. The topological polar surface area (TPSA) is 79.7 Å². The van der Waals surface area contributed by atoms with Crippen LogP contribution in [0.1, 0.15) is 0 Å². The number of morpholine rings is 1. The van der Waals surface area contributed by atoms with Crippen LogP contribution < -0.4 is 0 Å². The summed E-state index contributed by atoms with van der Waals surface area (Å²) in [6.45, 7) is 0.322. The van der Waals surface area contributed by atoms with Crippen LogP contribution in [0.25, 0.3) is 0 Å². The van der Waals surface area contributed by atoms with Gasteiger partial charge in [-0.25, -0.2) is 13.4 Å². The van der Waals surface area contributed by atoms with Gasteiger partial charge in [-0.2, -0.15) is 4.31 Å². The number of halogens is 2. The summed E-state index contributed by atoms with van der Waals surface area (Å²) in [5.41, 5.74) is 0. The molecule has 2 heterocycles. The smallest absolute Gasteiger partial charge is 0.244 e. The molecular formula is C10H12Cl2N2O4S. The number of ether oxygens (including phenoxy) is 1. The number of rotatable bonds is 3. The zero-order valence-corrected chi connectivity index (χ0v) is 12.1. The summed E-state index contributed by atoms with van der Waals surface area (Å²) >= 11 is 11.4. The van der Waals surface area contributed by atoms with E-state index in [1.807, 2.05) is 0 Å². The van der Waals surface area contributed by atoms with E-state index in [2.05, 4.69) is 4.98 Å². The van der Waals surface area contributed by atoms with Crippen LogP contribution in [0, 0.1) is 0 Å². The zero-order valence-electron chi connectivity index (χ0n) is 9.79. The van der Waals surface area contributed by atoms with Gasteiger partial charge in [-0.05, 0) is 6.07 Å². The molecule has 1 aliphatic rings. The summed E-state index contributed by atoms with van der Waals surface area (Å²) in [4.78, 5) is 3.70. The second kappa shape index (κ2) is 5.90. The molecule has 0 radical (unpaired) electrons. The summed E-state index contributed by atoms with van der Waals surface area (Å²) in [7, 11) is -3.71. The number of aromatic nitrogens is 1. The van der Waals surface area contributed by atoms with Crippen LogP contribution in [0.15, 0.2) is 17.2 Å². The third kappa shape index (κ3) is 3.18. The molecule has 19 heavy (non-hydrogen) atoms. The van der Waals surface area contributed by atoms with Gasteiger partial charge in [0.2, 0.25) is 10.0 Å². The minimum Gasteiger partial charge on any atom is -0.394 e. The van der Waals surface area contributed by atoms with E-state index in [9.17, 15) is 8.42 Å². The average Bonchev–Trinajstić information content (AvgIpc) is 2.41. The second-order valence-corrected chi connectivity index (χ2v) is 6.69. The predicted molar refractivity (Wildman–Crippen MR) is 69.8 cm³/mol. The maximum Gasteiger partial charge on any atom is 0.244 e. The lowest BCUT2D eigenvalue weighted by molar-refractivity contribution is -0.0304. The van der Waals surface area contributed by atoms with E-state index in [0.717, 1.165) is 6.20 Å². The standard InChI is InChI=1S/C10H12Cl2N2O4S/c11-9-3-8(4-13-10(9)12)19(16,17)14-1-2-18-7(5-14)6-15/h3-4,7,15H,1-2,5-6H2. The molecular weight excluding hydrogens is 315 g/mol. The average molecular weight is 327 g/mol. The van der Waals surface area contributed by atoms with Gasteiger partial charge in [0.1, 0.15) is 10.0 Å². The quantitative estimate of drug-likeness (QED) is 0.830. The molecule has 1 aromatic heterocycles. The Bertz CT molecular complexity index is 567. The minimum atomic E-state index is -3.71. The molecule has 0 amide bonds. The maximum absolute atomic E-state index is 12.4. The molecule has 1 saturated heterocycles. The molecule has 1 fully saturated rings. The van der Waals surface area contributed by atoms with Crippen molar-refractivity contribution in [1.82, 2.24) is 9.29 Å². The number of nitrogens with zero attached hydrogens (tertiary/aromatic N) is 2. The van der Waals surface area contributed by atoms with Crippen LogP contribution in [0.2, 0.25) is 10.2 Å². The van der Waals surface area contributed by atoms with Crippen LogP contribution in [0.3, 0.4) is 0 Å². The Kier molecular flexibility index (Phi) is 4.65. The Morgan fingerprint density at radius 1 is 1.53 bits per heavy atom. The Balaban J connectivity index is 2.28. The van der Waals surface area contributed by atoms with E-state index in [1.54, 1.807) is 0 Å². The third-order valence-corrected chi connectivity index (χ3v) is 5.23. The van der Waals surface area contributed by atoms with Crippen LogP contribution in [-0.2, 0) is 14.8 Å². The van der Waals surface area contributed by atoms with Gasteiger partial charge in [0, 0.05) is 19.3 Å². The summed E-state index contributed by atoms with van der Waals surface area (Å²) < 4.78 is 31.2. The second-order valence-electron chi connectivity index (χ2n) is 3.98. The first kappa shape index (κ1) is 15.0. The fourth-order valence-corrected chi connectivity index (χ4v) is 3.48. The molecule has 1 unspecified atom stereocenters. The lowest BCUT2D eigenvalue weighted by atomic mass is 10.3. The van der Waals surface area contributed by atoms with Gasteiger partial charge in [0.15, 0.2) is 0 Å². The van der Waals surface area contributed by atoms with Crippen molar-refractivity contribution >= 4 is 33.2 Å². The van der Waals surface area contributed by atoms with Gasteiger partial charge >= 0.3 is 0 Å². The highest BCUT2D eigenvalue weighted by Crippen LogP contribution is 2.25. The molecule has 1 N–H and O–H groups in total. The summed E-state index contributed by atoms with van der Waals surface area (Å²) in [5.74, 6) is 0. The lowest BCUT2D eigenvalue weighted by Gasteiger charge is -2.31. The number of hydrogen-bond donors (Lipinski definition) is 1. The highest BCUT2D eigenvalue weighted by atomic mass is 35.5. The Morgan fingerprint density at radius 3 is 2.89 bits per heavy atom.